The molecule has 0 spiro atoms. The van der Waals surface area contributed by atoms with E-state index in [9.17, 15) is 4.79 Å². The van der Waals surface area contributed by atoms with Crippen LogP contribution in [0.2, 0.25) is 0 Å². The Kier molecular flexibility index (Phi) is 3.66. The molecular formula is C9H8BrClN2O. The second kappa shape index (κ2) is 4.57. The highest BCUT2D eigenvalue weighted by molar-refractivity contribution is 8.93. The molecule has 1 heterocycles. The van der Waals surface area contributed by atoms with Crippen molar-refractivity contribution in [1.82, 2.24) is 9.97 Å². The normalized spacial score (nSPS) is 9.79. The molecule has 2 rings (SSSR count). The highest BCUT2D eigenvalue weighted by Crippen LogP contribution is 2.06. The summed E-state index contributed by atoms with van der Waals surface area (Å²) in [6, 6.07) is 7.17. The molecule has 0 aliphatic heterocycles. The average molecular weight is 276 g/mol. The molecule has 1 aromatic carbocycles. The Morgan fingerprint density at radius 3 is 2.79 bits per heavy atom. The van der Waals surface area contributed by atoms with Gasteiger partial charge in [0.1, 0.15) is 5.82 Å². The zero-order valence-corrected chi connectivity index (χ0v) is 9.63. The van der Waals surface area contributed by atoms with Crippen molar-refractivity contribution in [3.8, 4) is 0 Å². The fraction of sp³-hybridized carbons (Fsp3) is 0.111. The van der Waals surface area contributed by atoms with Gasteiger partial charge in [0.2, 0.25) is 0 Å². The fourth-order valence-corrected chi connectivity index (χ4v) is 1.32. The summed E-state index contributed by atoms with van der Waals surface area (Å²) in [5, 5.41) is 0.594. The Labute approximate surface area is 95.9 Å². The van der Waals surface area contributed by atoms with Crippen molar-refractivity contribution in [2.75, 3.05) is 0 Å². The maximum Gasteiger partial charge on any atom is 0.258 e. The first-order valence-corrected chi connectivity index (χ1v) is 4.38. The minimum absolute atomic E-state index is 0. The Hall–Kier alpha value is -0.870. The number of H-pyrrole nitrogens is 1. The molecule has 0 unspecified atom stereocenters. The first-order valence-electron chi connectivity index (χ1n) is 3.85. The van der Waals surface area contributed by atoms with Crippen molar-refractivity contribution < 1.29 is 0 Å². The number of benzene rings is 1. The van der Waals surface area contributed by atoms with Crippen LogP contribution in [-0.4, -0.2) is 9.97 Å². The number of nitrogens with one attached hydrogen (secondary N) is 1. The highest BCUT2D eigenvalue weighted by Gasteiger charge is 2.00. The molecule has 0 aliphatic carbocycles. The van der Waals surface area contributed by atoms with Crippen LogP contribution in [0.5, 0.6) is 0 Å². The van der Waals surface area contributed by atoms with Crippen LogP contribution in [0.3, 0.4) is 0 Å². The fourth-order valence-electron chi connectivity index (χ4n) is 1.20. The van der Waals surface area contributed by atoms with E-state index in [4.69, 9.17) is 11.6 Å². The van der Waals surface area contributed by atoms with E-state index in [-0.39, 0.29) is 28.4 Å². The van der Waals surface area contributed by atoms with E-state index in [1.54, 1.807) is 18.2 Å². The summed E-state index contributed by atoms with van der Waals surface area (Å²) in [6.45, 7) is 0. The van der Waals surface area contributed by atoms with Gasteiger partial charge in [-0.3, -0.25) is 4.79 Å². The number of halogens is 2. The van der Waals surface area contributed by atoms with Crippen LogP contribution < -0.4 is 5.56 Å². The van der Waals surface area contributed by atoms with E-state index in [0.29, 0.717) is 16.7 Å². The molecule has 0 radical (unpaired) electrons. The molecule has 1 aromatic heterocycles. The lowest BCUT2D eigenvalue weighted by Gasteiger charge is -1.97. The molecule has 3 nitrogen and oxygen atoms in total. The lowest BCUT2D eigenvalue weighted by molar-refractivity contribution is 1.04. The molecular weight excluding hydrogens is 267 g/mol. The van der Waals surface area contributed by atoms with Gasteiger partial charge in [0.25, 0.3) is 5.56 Å². The van der Waals surface area contributed by atoms with Crippen LogP contribution in [0.15, 0.2) is 29.1 Å². The van der Waals surface area contributed by atoms with Crippen LogP contribution >= 0.6 is 28.6 Å². The molecule has 0 saturated carbocycles. The predicted molar refractivity (Wildman–Crippen MR) is 62.2 cm³/mol. The van der Waals surface area contributed by atoms with Crippen molar-refractivity contribution >= 4 is 39.5 Å². The van der Waals surface area contributed by atoms with Gasteiger partial charge in [-0.25, -0.2) is 4.98 Å². The maximum absolute atomic E-state index is 11.4. The second-order valence-corrected chi connectivity index (χ2v) is 2.93. The third-order valence-corrected chi connectivity index (χ3v) is 2.04. The van der Waals surface area contributed by atoms with Crippen molar-refractivity contribution in [2.24, 2.45) is 0 Å². The third kappa shape index (κ3) is 1.96. The van der Waals surface area contributed by atoms with Crippen molar-refractivity contribution in [3.63, 3.8) is 0 Å². The number of hydrogen-bond donors (Lipinski definition) is 1. The summed E-state index contributed by atoms with van der Waals surface area (Å²) in [7, 11) is 0. The van der Waals surface area contributed by atoms with Gasteiger partial charge >= 0.3 is 0 Å². The number of fused-ring (bicyclic) bond motifs is 1. The summed E-state index contributed by atoms with van der Waals surface area (Å²) < 4.78 is 0. The minimum atomic E-state index is -0.138. The van der Waals surface area contributed by atoms with Crippen LogP contribution in [0.25, 0.3) is 10.9 Å². The molecule has 0 bridgehead atoms. The number of aromatic amines is 1. The van der Waals surface area contributed by atoms with Gasteiger partial charge in [0.15, 0.2) is 0 Å². The van der Waals surface area contributed by atoms with E-state index in [1.165, 1.54) is 0 Å². The van der Waals surface area contributed by atoms with E-state index in [2.05, 4.69) is 9.97 Å². The molecule has 0 atom stereocenters. The predicted octanol–water partition coefficient (Wildman–Crippen LogP) is 2.24. The largest absolute Gasteiger partial charge is 0.309 e. The van der Waals surface area contributed by atoms with Gasteiger partial charge in [-0.2, -0.15) is 0 Å². The summed E-state index contributed by atoms with van der Waals surface area (Å²) in [6.07, 6.45) is 0. The van der Waals surface area contributed by atoms with Gasteiger partial charge in [0.05, 0.1) is 16.8 Å². The summed E-state index contributed by atoms with van der Waals surface area (Å²) in [5.74, 6) is 0.727. The Morgan fingerprint density at radius 1 is 1.36 bits per heavy atom. The third-order valence-electron chi connectivity index (χ3n) is 1.79. The molecule has 5 heteroatoms. The van der Waals surface area contributed by atoms with E-state index >= 15 is 0 Å². The van der Waals surface area contributed by atoms with Crippen LogP contribution in [0.1, 0.15) is 5.82 Å². The molecule has 0 aliphatic rings. The van der Waals surface area contributed by atoms with Crippen molar-refractivity contribution in [2.45, 2.75) is 5.88 Å². The monoisotopic (exact) mass is 274 g/mol. The Balaban J connectivity index is 0.000000980. The van der Waals surface area contributed by atoms with Gasteiger partial charge in [-0.1, -0.05) is 12.1 Å². The average Bonchev–Trinajstić information content (AvgIpc) is 2.18. The number of rotatable bonds is 1. The lowest BCUT2D eigenvalue weighted by Crippen LogP contribution is -2.10. The standard InChI is InChI=1S/C9H7ClN2O.BrH/c10-5-8-11-7-4-2-1-3-6(7)9(13)12-8;/h1-4H,5H2,(H,11,12,13);1H. The molecule has 0 fully saturated rings. The molecule has 0 saturated heterocycles. The number of nitrogens with zero attached hydrogens (tertiary/aromatic N) is 1. The highest BCUT2D eigenvalue weighted by atomic mass is 79.9. The SMILES string of the molecule is Br.O=c1[nH]c(CCl)nc2ccccc12. The summed E-state index contributed by atoms with van der Waals surface area (Å²) >= 11 is 5.57. The van der Waals surface area contributed by atoms with Crippen molar-refractivity contribution in [1.29, 1.82) is 0 Å². The smallest absolute Gasteiger partial charge is 0.258 e. The molecule has 2 aromatic rings. The molecule has 74 valence electrons. The Bertz CT molecular complexity index is 497. The van der Waals surface area contributed by atoms with Crippen molar-refractivity contribution in [3.05, 3.63) is 40.4 Å². The van der Waals surface area contributed by atoms with Crippen LogP contribution in [0, 0.1) is 0 Å². The van der Waals surface area contributed by atoms with Crippen LogP contribution in [-0.2, 0) is 5.88 Å². The summed E-state index contributed by atoms with van der Waals surface area (Å²) in [4.78, 5) is 18.2. The van der Waals surface area contributed by atoms with Gasteiger partial charge in [-0.15, -0.1) is 28.6 Å². The minimum Gasteiger partial charge on any atom is -0.309 e. The van der Waals surface area contributed by atoms with E-state index < -0.39 is 0 Å². The van der Waals surface area contributed by atoms with Gasteiger partial charge < -0.3 is 4.98 Å². The lowest BCUT2D eigenvalue weighted by atomic mass is 10.2. The number of hydrogen-bond acceptors (Lipinski definition) is 2. The first-order chi connectivity index (χ1) is 6.31. The topological polar surface area (TPSA) is 45.8 Å². The van der Waals surface area contributed by atoms with E-state index in [0.717, 1.165) is 0 Å². The zero-order chi connectivity index (χ0) is 9.26. The molecule has 0 amide bonds. The Morgan fingerprint density at radius 2 is 2.07 bits per heavy atom. The number of aromatic nitrogens is 2. The zero-order valence-electron chi connectivity index (χ0n) is 7.16. The number of alkyl halides is 1. The molecule has 1 N–H and O–H groups in total. The van der Waals surface area contributed by atoms with Gasteiger partial charge in [0, 0.05) is 0 Å². The second-order valence-electron chi connectivity index (χ2n) is 2.66. The maximum atomic E-state index is 11.4. The van der Waals surface area contributed by atoms with Crippen LogP contribution in [0.4, 0.5) is 0 Å². The van der Waals surface area contributed by atoms with E-state index in [1.807, 2.05) is 6.07 Å². The quantitative estimate of drug-likeness (QED) is 0.811. The molecule has 14 heavy (non-hydrogen) atoms. The number of para-hydroxylation sites is 1. The first kappa shape index (κ1) is 11.2. The summed E-state index contributed by atoms with van der Waals surface area (Å²) in [5.41, 5.74) is 0.545. The van der Waals surface area contributed by atoms with Gasteiger partial charge in [-0.05, 0) is 12.1 Å².